The molecule has 0 bridgehead atoms. The van der Waals surface area contributed by atoms with Gasteiger partial charge in [-0.2, -0.15) is 5.10 Å². The van der Waals surface area contributed by atoms with Crippen molar-refractivity contribution in [3.63, 3.8) is 0 Å². The Morgan fingerprint density at radius 1 is 1.22 bits per heavy atom. The summed E-state index contributed by atoms with van der Waals surface area (Å²) in [4.78, 5) is 20.1. The normalized spacial score (nSPS) is 10.5. The van der Waals surface area contributed by atoms with E-state index in [4.69, 9.17) is 0 Å². The van der Waals surface area contributed by atoms with E-state index in [1.807, 2.05) is 0 Å². The second kappa shape index (κ2) is 6.30. The first-order chi connectivity index (χ1) is 11.1. The third-order valence-corrected chi connectivity index (χ3v) is 3.05. The predicted octanol–water partition coefficient (Wildman–Crippen LogP) is 2.07. The van der Waals surface area contributed by atoms with E-state index in [0.717, 1.165) is 17.7 Å². The van der Waals surface area contributed by atoms with E-state index >= 15 is 0 Å². The summed E-state index contributed by atoms with van der Waals surface area (Å²) in [5.74, 6) is -1.73. The van der Waals surface area contributed by atoms with Gasteiger partial charge < -0.3 is 5.32 Å². The Labute approximate surface area is 129 Å². The van der Waals surface area contributed by atoms with Crippen molar-refractivity contribution in [1.29, 1.82) is 0 Å². The third-order valence-electron chi connectivity index (χ3n) is 3.05. The lowest BCUT2D eigenvalue weighted by molar-refractivity contribution is 0.0949. The van der Waals surface area contributed by atoms with Gasteiger partial charge in [-0.25, -0.2) is 13.8 Å². The molecule has 2 aromatic heterocycles. The Hall–Kier alpha value is -3.16. The van der Waals surface area contributed by atoms with Crippen LogP contribution in [0.4, 0.5) is 8.78 Å². The van der Waals surface area contributed by atoms with E-state index in [1.165, 1.54) is 6.07 Å². The SMILES string of the molecule is O=C(NCc1nc(-c2cccnc2)n[nH]1)c1ccc(F)c(F)c1. The van der Waals surface area contributed by atoms with Crippen molar-refractivity contribution in [2.75, 3.05) is 0 Å². The van der Waals surface area contributed by atoms with Gasteiger partial charge >= 0.3 is 0 Å². The standard InChI is InChI=1S/C15H11F2N5O/c16-11-4-3-9(6-12(11)17)15(23)19-8-13-20-14(22-21-13)10-2-1-5-18-7-10/h1-7H,8H2,(H,19,23)(H,20,21,22). The van der Waals surface area contributed by atoms with Crippen molar-refractivity contribution in [2.24, 2.45) is 0 Å². The molecule has 0 spiro atoms. The zero-order valence-electron chi connectivity index (χ0n) is 11.8. The second-order valence-electron chi connectivity index (χ2n) is 4.66. The number of aromatic amines is 1. The van der Waals surface area contributed by atoms with Crippen molar-refractivity contribution in [1.82, 2.24) is 25.5 Å². The minimum atomic E-state index is -1.07. The molecule has 2 heterocycles. The zero-order chi connectivity index (χ0) is 16.2. The number of halogens is 2. The Morgan fingerprint density at radius 3 is 2.83 bits per heavy atom. The van der Waals surface area contributed by atoms with Crippen LogP contribution in [-0.2, 0) is 6.54 Å². The van der Waals surface area contributed by atoms with Gasteiger partial charge in [0, 0.05) is 23.5 Å². The maximum Gasteiger partial charge on any atom is 0.251 e. The number of hydrogen-bond donors (Lipinski definition) is 2. The number of hydrogen-bond acceptors (Lipinski definition) is 4. The summed E-state index contributed by atoms with van der Waals surface area (Å²) in [7, 11) is 0. The van der Waals surface area contributed by atoms with Gasteiger partial charge in [-0.3, -0.25) is 14.9 Å². The molecule has 0 aliphatic carbocycles. The van der Waals surface area contributed by atoms with Crippen LogP contribution < -0.4 is 5.32 Å². The van der Waals surface area contributed by atoms with Crippen LogP contribution in [0.1, 0.15) is 16.2 Å². The highest BCUT2D eigenvalue weighted by Gasteiger charge is 2.11. The average molecular weight is 315 g/mol. The molecule has 0 aliphatic rings. The average Bonchev–Trinajstić information content (AvgIpc) is 3.05. The van der Waals surface area contributed by atoms with E-state index in [1.54, 1.807) is 24.5 Å². The van der Waals surface area contributed by atoms with Gasteiger partial charge in [0.25, 0.3) is 5.91 Å². The van der Waals surface area contributed by atoms with Gasteiger partial charge in [-0.1, -0.05) is 0 Å². The molecule has 1 amide bonds. The fraction of sp³-hybridized carbons (Fsp3) is 0.0667. The molecule has 1 aromatic carbocycles. The van der Waals surface area contributed by atoms with Gasteiger partial charge in [0.15, 0.2) is 17.5 Å². The number of nitrogens with zero attached hydrogens (tertiary/aromatic N) is 3. The van der Waals surface area contributed by atoms with E-state index < -0.39 is 17.5 Å². The van der Waals surface area contributed by atoms with E-state index in [-0.39, 0.29) is 12.1 Å². The second-order valence-corrected chi connectivity index (χ2v) is 4.66. The highest BCUT2D eigenvalue weighted by molar-refractivity contribution is 5.94. The summed E-state index contributed by atoms with van der Waals surface area (Å²) in [5, 5.41) is 9.27. The number of benzene rings is 1. The lowest BCUT2D eigenvalue weighted by Gasteiger charge is -2.03. The number of carbonyl (C=O) groups is 1. The maximum atomic E-state index is 13.1. The third kappa shape index (κ3) is 3.37. The molecule has 0 radical (unpaired) electrons. The fourth-order valence-electron chi connectivity index (χ4n) is 1.90. The minimum Gasteiger partial charge on any atom is -0.345 e. The van der Waals surface area contributed by atoms with Crippen LogP contribution in [0.2, 0.25) is 0 Å². The highest BCUT2D eigenvalue weighted by Crippen LogP contribution is 2.12. The number of nitrogens with one attached hydrogen (secondary N) is 2. The summed E-state index contributed by atoms with van der Waals surface area (Å²) < 4.78 is 25.9. The minimum absolute atomic E-state index is 0.0240. The number of amides is 1. The predicted molar refractivity (Wildman–Crippen MR) is 77.1 cm³/mol. The quantitative estimate of drug-likeness (QED) is 0.772. The Morgan fingerprint density at radius 2 is 2.09 bits per heavy atom. The van der Waals surface area contributed by atoms with Crippen LogP contribution >= 0.6 is 0 Å². The molecule has 23 heavy (non-hydrogen) atoms. The summed E-state index contributed by atoms with van der Waals surface area (Å²) in [6.07, 6.45) is 3.26. The monoisotopic (exact) mass is 315 g/mol. The Kier molecular flexibility index (Phi) is 4.05. The van der Waals surface area contributed by atoms with Crippen LogP contribution in [0.25, 0.3) is 11.4 Å². The van der Waals surface area contributed by atoms with E-state index in [2.05, 4.69) is 25.5 Å². The van der Waals surface area contributed by atoms with E-state index in [9.17, 15) is 13.6 Å². The molecule has 2 N–H and O–H groups in total. The molecule has 0 unspecified atom stereocenters. The van der Waals surface area contributed by atoms with Crippen LogP contribution in [-0.4, -0.2) is 26.1 Å². The fourth-order valence-corrected chi connectivity index (χ4v) is 1.90. The molecule has 116 valence electrons. The maximum absolute atomic E-state index is 13.1. The summed E-state index contributed by atoms with van der Waals surface area (Å²) in [5.41, 5.74) is 0.762. The van der Waals surface area contributed by atoms with Crippen molar-refractivity contribution in [3.8, 4) is 11.4 Å². The molecule has 3 aromatic rings. The van der Waals surface area contributed by atoms with Crippen molar-refractivity contribution in [3.05, 3.63) is 65.7 Å². The van der Waals surface area contributed by atoms with Gasteiger partial charge in [0.2, 0.25) is 0 Å². The van der Waals surface area contributed by atoms with Crippen LogP contribution in [0.5, 0.6) is 0 Å². The van der Waals surface area contributed by atoms with Gasteiger partial charge in [-0.05, 0) is 30.3 Å². The largest absolute Gasteiger partial charge is 0.345 e. The van der Waals surface area contributed by atoms with Gasteiger partial charge in [-0.15, -0.1) is 0 Å². The van der Waals surface area contributed by atoms with Crippen molar-refractivity contribution >= 4 is 5.91 Å². The number of pyridine rings is 1. The molecule has 0 atom stereocenters. The Balaban J connectivity index is 1.65. The molecule has 8 heteroatoms. The molecular weight excluding hydrogens is 304 g/mol. The first kappa shape index (κ1) is 14.8. The van der Waals surface area contributed by atoms with Crippen LogP contribution in [0.3, 0.4) is 0 Å². The molecule has 0 saturated heterocycles. The van der Waals surface area contributed by atoms with Crippen molar-refractivity contribution in [2.45, 2.75) is 6.54 Å². The zero-order valence-corrected chi connectivity index (χ0v) is 11.8. The van der Waals surface area contributed by atoms with E-state index in [0.29, 0.717) is 11.6 Å². The summed E-state index contributed by atoms with van der Waals surface area (Å²) >= 11 is 0. The number of carbonyl (C=O) groups excluding carboxylic acids is 1. The number of aromatic nitrogens is 4. The summed E-state index contributed by atoms with van der Waals surface area (Å²) in [6.45, 7) is 0.0745. The van der Waals surface area contributed by atoms with Crippen molar-refractivity contribution < 1.29 is 13.6 Å². The first-order valence-corrected chi connectivity index (χ1v) is 6.68. The summed E-state index contributed by atoms with van der Waals surface area (Å²) in [6, 6.07) is 6.51. The smallest absolute Gasteiger partial charge is 0.251 e. The molecule has 0 saturated carbocycles. The number of H-pyrrole nitrogens is 1. The molecule has 0 aliphatic heterocycles. The first-order valence-electron chi connectivity index (χ1n) is 6.68. The molecule has 6 nitrogen and oxygen atoms in total. The molecular formula is C15H11F2N5O. The van der Waals surface area contributed by atoms with Crippen LogP contribution in [0.15, 0.2) is 42.7 Å². The lowest BCUT2D eigenvalue weighted by Crippen LogP contribution is -2.23. The highest BCUT2D eigenvalue weighted by atomic mass is 19.2. The molecule has 3 rings (SSSR count). The number of rotatable bonds is 4. The topological polar surface area (TPSA) is 83.6 Å². The van der Waals surface area contributed by atoms with Gasteiger partial charge in [0.05, 0.1) is 6.54 Å². The molecule has 0 fully saturated rings. The Bertz CT molecular complexity index is 835. The lowest BCUT2D eigenvalue weighted by atomic mass is 10.2. The van der Waals surface area contributed by atoms with Crippen LogP contribution in [0, 0.1) is 11.6 Å². The van der Waals surface area contributed by atoms with Gasteiger partial charge in [0.1, 0.15) is 5.82 Å².